The zero-order chi connectivity index (χ0) is 24.1. The van der Waals surface area contributed by atoms with Crippen LogP contribution in [0.5, 0.6) is 0 Å². The molecule has 0 amide bonds. The van der Waals surface area contributed by atoms with E-state index in [9.17, 15) is 9.18 Å². The first-order valence-corrected chi connectivity index (χ1v) is 12.3. The minimum Gasteiger partial charge on any atom is -0.306 e. The molecule has 2 aromatic carbocycles. The summed E-state index contributed by atoms with van der Waals surface area (Å²) >= 11 is 0. The van der Waals surface area contributed by atoms with Crippen molar-refractivity contribution in [1.29, 1.82) is 0 Å². The standard InChI is InChI=1S/C27H29FN6O/c1-17-4-3-5-22(28)27(17)34-24(35)15-23-26(31-34)25(30-29-23)19-7-6-18-8-13-33(16-20(18)14-19)21-9-11-32(2)12-10-21/h3-7,14-15,21,29H,8-13,16H2,1-2H3. The van der Waals surface area contributed by atoms with Gasteiger partial charge in [-0.25, -0.2) is 4.39 Å². The third kappa shape index (κ3) is 3.96. The Hall–Kier alpha value is -3.36. The van der Waals surface area contributed by atoms with Gasteiger partial charge in [-0.05, 0) is 75.1 Å². The molecule has 1 N–H and O–H groups in total. The van der Waals surface area contributed by atoms with Crippen molar-refractivity contribution in [2.24, 2.45) is 0 Å². The fourth-order valence-electron chi connectivity index (χ4n) is 5.54. The Morgan fingerprint density at radius 3 is 2.69 bits per heavy atom. The number of aromatic amines is 1. The fourth-order valence-corrected chi connectivity index (χ4v) is 5.54. The molecule has 4 aromatic rings. The van der Waals surface area contributed by atoms with Crippen molar-refractivity contribution in [1.82, 2.24) is 29.8 Å². The summed E-state index contributed by atoms with van der Waals surface area (Å²) in [4.78, 5) is 17.8. The molecule has 2 aromatic heterocycles. The number of nitrogens with zero attached hydrogens (tertiary/aromatic N) is 5. The maximum atomic E-state index is 14.6. The first-order chi connectivity index (χ1) is 17.0. The van der Waals surface area contributed by atoms with Crippen LogP contribution in [0.1, 0.15) is 29.5 Å². The lowest BCUT2D eigenvalue weighted by Gasteiger charge is -2.39. The van der Waals surface area contributed by atoms with Crippen LogP contribution < -0.4 is 5.56 Å². The van der Waals surface area contributed by atoms with Gasteiger partial charge in [0.15, 0.2) is 0 Å². The van der Waals surface area contributed by atoms with Gasteiger partial charge in [0, 0.05) is 30.8 Å². The van der Waals surface area contributed by atoms with E-state index in [4.69, 9.17) is 0 Å². The van der Waals surface area contributed by atoms with Crippen LogP contribution >= 0.6 is 0 Å². The summed E-state index contributed by atoms with van der Waals surface area (Å²) in [5.41, 5.74) is 5.82. The minimum atomic E-state index is -0.480. The molecule has 35 heavy (non-hydrogen) atoms. The van der Waals surface area contributed by atoms with E-state index >= 15 is 0 Å². The summed E-state index contributed by atoms with van der Waals surface area (Å²) < 4.78 is 15.8. The van der Waals surface area contributed by atoms with Gasteiger partial charge in [-0.15, -0.1) is 0 Å². The van der Waals surface area contributed by atoms with Crippen molar-refractivity contribution in [3.8, 4) is 16.9 Å². The number of benzene rings is 2. The van der Waals surface area contributed by atoms with Crippen molar-refractivity contribution in [3.05, 3.63) is 75.3 Å². The zero-order valence-corrected chi connectivity index (χ0v) is 20.1. The molecule has 7 nitrogen and oxygen atoms in total. The lowest BCUT2D eigenvalue weighted by Crippen LogP contribution is -2.45. The Bertz CT molecular complexity index is 1450. The number of aromatic nitrogens is 4. The number of hydrogen-bond donors (Lipinski definition) is 1. The van der Waals surface area contributed by atoms with E-state index in [0.29, 0.717) is 28.3 Å². The highest BCUT2D eigenvalue weighted by molar-refractivity contribution is 5.89. The number of rotatable bonds is 3. The molecule has 0 aliphatic carbocycles. The van der Waals surface area contributed by atoms with Crippen molar-refractivity contribution in [2.75, 3.05) is 26.7 Å². The van der Waals surface area contributed by atoms with Crippen LogP contribution in [0.3, 0.4) is 0 Å². The summed E-state index contributed by atoms with van der Waals surface area (Å²) in [6.45, 7) is 6.12. The molecule has 4 heterocycles. The predicted molar refractivity (Wildman–Crippen MR) is 134 cm³/mol. The Morgan fingerprint density at radius 2 is 1.89 bits per heavy atom. The second-order valence-corrected chi connectivity index (χ2v) is 9.87. The summed E-state index contributed by atoms with van der Waals surface area (Å²) in [6.07, 6.45) is 3.48. The molecule has 0 bridgehead atoms. The average Bonchev–Trinajstić information content (AvgIpc) is 3.26. The lowest BCUT2D eigenvalue weighted by molar-refractivity contribution is 0.110. The highest BCUT2D eigenvalue weighted by Gasteiger charge is 2.27. The predicted octanol–water partition coefficient (Wildman–Crippen LogP) is 3.68. The van der Waals surface area contributed by atoms with E-state index in [1.165, 1.54) is 36.1 Å². The van der Waals surface area contributed by atoms with Gasteiger partial charge in [-0.2, -0.15) is 14.9 Å². The number of piperidine rings is 1. The van der Waals surface area contributed by atoms with E-state index in [1.807, 2.05) is 0 Å². The van der Waals surface area contributed by atoms with E-state index in [-0.39, 0.29) is 5.69 Å². The molecular formula is C27H29FN6O. The van der Waals surface area contributed by atoms with E-state index in [0.717, 1.165) is 42.8 Å². The van der Waals surface area contributed by atoms with Crippen LogP contribution in [0.25, 0.3) is 28.0 Å². The summed E-state index contributed by atoms with van der Waals surface area (Å²) in [5, 5.41) is 12.0. The van der Waals surface area contributed by atoms with Crippen molar-refractivity contribution < 1.29 is 4.39 Å². The van der Waals surface area contributed by atoms with Gasteiger partial charge in [0.05, 0.1) is 5.52 Å². The molecule has 180 valence electrons. The maximum absolute atomic E-state index is 14.6. The molecule has 6 rings (SSSR count). The summed E-state index contributed by atoms with van der Waals surface area (Å²) in [6, 6.07) is 13.3. The highest BCUT2D eigenvalue weighted by atomic mass is 19.1. The van der Waals surface area contributed by atoms with Crippen LogP contribution in [0, 0.1) is 12.7 Å². The van der Waals surface area contributed by atoms with Crippen LogP contribution in [0.15, 0.2) is 47.3 Å². The summed E-state index contributed by atoms with van der Waals surface area (Å²) in [5.74, 6) is -0.480. The Morgan fingerprint density at radius 1 is 1.06 bits per heavy atom. The number of H-pyrrole nitrogens is 1. The number of fused-ring (bicyclic) bond motifs is 2. The smallest absolute Gasteiger partial charge is 0.273 e. The highest BCUT2D eigenvalue weighted by Crippen LogP contribution is 2.30. The first-order valence-electron chi connectivity index (χ1n) is 12.3. The number of aryl methyl sites for hydroxylation is 1. The Labute approximate surface area is 203 Å². The minimum absolute atomic E-state index is 0.172. The maximum Gasteiger partial charge on any atom is 0.273 e. The quantitative estimate of drug-likeness (QED) is 0.493. The molecule has 0 spiro atoms. The monoisotopic (exact) mass is 472 g/mol. The van der Waals surface area contributed by atoms with Crippen LogP contribution in [-0.4, -0.2) is 62.5 Å². The van der Waals surface area contributed by atoms with Gasteiger partial charge in [0.1, 0.15) is 22.7 Å². The second-order valence-electron chi connectivity index (χ2n) is 9.87. The molecular weight excluding hydrogens is 443 g/mol. The number of para-hydroxylation sites is 1. The number of likely N-dealkylation sites (tertiary alicyclic amines) is 1. The van der Waals surface area contributed by atoms with Crippen LogP contribution in [0.4, 0.5) is 4.39 Å². The average molecular weight is 473 g/mol. The number of hydrogen-bond acceptors (Lipinski definition) is 5. The normalized spacial score (nSPS) is 17.7. The topological polar surface area (TPSA) is 70.1 Å². The van der Waals surface area contributed by atoms with E-state index in [1.54, 1.807) is 19.1 Å². The van der Waals surface area contributed by atoms with Crippen molar-refractivity contribution in [3.63, 3.8) is 0 Å². The Balaban J connectivity index is 1.37. The van der Waals surface area contributed by atoms with Gasteiger partial charge in [0.25, 0.3) is 5.56 Å². The SMILES string of the molecule is Cc1cccc(F)c1-n1nc2c(-c3ccc4c(c3)CN(C3CCN(C)CC3)CC4)n[nH]c2cc1=O. The molecule has 0 radical (unpaired) electrons. The van der Waals surface area contributed by atoms with Gasteiger partial charge in [-0.3, -0.25) is 14.8 Å². The molecule has 1 saturated heterocycles. The molecule has 8 heteroatoms. The molecule has 0 unspecified atom stereocenters. The molecule has 2 aliphatic rings. The molecule has 0 atom stereocenters. The lowest BCUT2D eigenvalue weighted by atomic mass is 9.93. The van der Waals surface area contributed by atoms with E-state index < -0.39 is 11.4 Å². The molecule has 2 aliphatic heterocycles. The summed E-state index contributed by atoms with van der Waals surface area (Å²) in [7, 11) is 2.20. The zero-order valence-electron chi connectivity index (χ0n) is 20.1. The first kappa shape index (κ1) is 22.1. The number of nitrogens with one attached hydrogen (secondary N) is 1. The third-order valence-corrected chi connectivity index (χ3v) is 7.57. The van der Waals surface area contributed by atoms with Gasteiger partial charge < -0.3 is 4.90 Å². The van der Waals surface area contributed by atoms with Crippen molar-refractivity contribution >= 4 is 11.0 Å². The van der Waals surface area contributed by atoms with Gasteiger partial charge >= 0.3 is 0 Å². The largest absolute Gasteiger partial charge is 0.306 e. The Kier molecular flexibility index (Phi) is 5.50. The molecule has 0 saturated carbocycles. The third-order valence-electron chi connectivity index (χ3n) is 7.57. The molecule has 1 fully saturated rings. The van der Waals surface area contributed by atoms with Gasteiger partial charge in [0.2, 0.25) is 0 Å². The van der Waals surface area contributed by atoms with E-state index in [2.05, 4.69) is 50.3 Å². The second kappa shape index (κ2) is 8.70. The number of halogens is 1. The van der Waals surface area contributed by atoms with Crippen LogP contribution in [0.2, 0.25) is 0 Å². The van der Waals surface area contributed by atoms with Crippen molar-refractivity contribution in [2.45, 2.75) is 38.8 Å². The van der Waals surface area contributed by atoms with Crippen LogP contribution in [-0.2, 0) is 13.0 Å². The van der Waals surface area contributed by atoms with Gasteiger partial charge in [-0.1, -0.05) is 24.3 Å². The fraction of sp³-hybridized carbons (Fsp3) is 0.370.